The molecule has 3 N–H and O–H groups in total. The monoisotopic (exact) mass is 237 g/mol. The number of carbonyl (C=O) groups excluding carboxylic acids is 1. The Hall–Kier alpha value is -1.62. The molecule has 1 aromatic carbocycles. The van der Waals surface area contributed by atoms with E-state index < -0.39 is 0 Å². The largest absolute Gasteiger partial charge is 0.329 e. The predicted molar refractivity (Wildman–Crippen MR) is 62.9 cm³/mol. The van der Waals surface area contributed by atoms with Gasteiger partial charge in [-0.3, -0.25) is 0 Å². The lowest BCUT2D eigenvalue weighted by atomic mass is 10.1. The number of hydrogen-bond acceptors (Lipinski definition) is 2. The normalized spacial score (nSPS) is 21.5. The first kappa shape index (κ1) is 11.9. The van der Waals surface area contributed by atoms with Crippen molar-refractivity contribution in [3.05, 3.63) is 35.6 Å². The van der Waals surface area contributed by atoms with Crippen LogP contribution < -0.4 is 11.1 Å². The number of benzene rings is 1. The van der Waals surface area contributed by atoms with E-state index in [0.29, 0.717) is 13.1 Å². The molecule has 0 spiro atoms. The van der Waals surface area contributed by atoms with Gasteiger partial charge in [-0.15, -0.1) is 0 Å². The highest BCUT2D eigenvalue weighted by molar-refractivity contribution is 5.77. The van der Waals surface area contributed by atoms with Gasteiger partial charge in [0.1, 0.15) is 5.82 Å². The Morgan fingerprint density at radius 3 is 2.76 bits per heavy atom. The summed E-state index contributed by atoms with van der Waals surface area (Å²) in [4.78, 5) is 13.3. The van der Waals surface area contributed by atoms with Crippen molar-refractivity contribution >= 4 is 6.03 Å². The zero-order valence-electron chi connectivity index (χ0n) is 9.69. The van der Waals surface area contributed by atoms with E-state index in [1.165, 1.54) is 12.1 Å². The number of rotatable bonds is 3. The molecule has 17 heavy (non-hydrogen) atoms. The molecule has 5 heteroatoms. The van der Waals surface area contributed by atoms with E-state index >= 15 is 0 Å². The second kappa shape index (κ2) is 4.71. The van der Waals surface area contributed by atoms with Gasteiger partial charge in [0, 0.05) is 19.1 Å². The number of carbonyl (C=O) groups is 1. The first-order chi connectivity index (χ1) is 8.06. The molecule has 1 aliphatic heterocycles. The summed E-state index contributed by atoms with van der Waals surface area (Å²) in [5.41, 5.74) is 6.58. The Balaban J connectivity index is 2.05. The number of hydrogen-bond donors (Lipinski definition) is 2. The van der Waals surface area contributed by atoms with Crippen LogP contribution in [0, 0.1) is 5.82 Å². The van der Waals surface area contributed by atoms with Gasteiger partial charge in [0.05, 0.1) is 6.04 Å². The maximum atomic E-state index is 12.8. The van der Waals surface area contributed by atoms with Crippen LogP contribution in [0.3, 0.4) is 0 Å². The third-order valence-electron chi connectivity index (χ3n) is 2.77. The van der Waals surface area contributed by atoms with Crippen molar-refractivity contribution in [2.75, 3.05) is 13.1 Å². The fourth-order valence-electron chi connectivity index (χ4n) is 1.98. The molecule has 0 radical (unpaired) electrons. The van der Waals surface area contributed by atoms with Crippen LogP contribution in [0.15, 0.2) is 24.3 Å². The molecule has 2 atom stereocenters. The Bertz CT molecular complexity index is 405. The van der Waals surface area contributed by atoms with Crippen LogP contribution in [0.5, 0.6) is 0 Å². The van der Waals surface area contributed by atoms with Crippen LogP contribution in [0.25, 0.3) is 0 Å². The molecule has 1 fully saturated rings. The quantitative estimate of drug-likeness (QED) is 0.831. The van der Waals surface area contributed by atoms with E-state index in [-0.39, 0.29) is 23.9 Å². The van der Waals surface area contributed by atoms with Gasteiger partial charge >= 0.3 is 6.03 Å². The molecule has 2 unspecified atom stereocenters. The smallest absolute Gasteiger partial charge is 0.318 e. The fourth-order valence-corrected chi connectivity index (χ4v) is 1.98. The summed E-state index contributed by atoms with van der Waals surface area (Å²) in [6.07, 6.45) is 0. The molecule has 4 nitrogen and oxygen atoms in total. The van der Waals surface area contributed by atoms with Crippen molar-refractivity contribution in [1.82, 2.24) is 10.2 Å². The molecule has 92 valence electrons. The SMILES string of the molecule is CC(N)CN1CC(c2ccc(F)cc2)NC1=O. The predicted octanol–water partition coefficient (Wildman–Crippen LogP) is 1.24. The topological polar surface area (TPSA) is 58.4 Å². The van der Waals surface area contributed by atoms with Gasteiger partial charge < -0.3 is 16.0 Å². The van der Waals surface area contributed by atoms with E-state index in [4.69, 9.17) is 5.73 Å². The molecule has 1 aliphatic rings. The van der Waals surface area contributed by atoms with E-state index in [2.05, 4.69) is 5.32 Å². The Kier molecular flexibility index (Phi) is 3.28. The van der Waals surface area contributed by atoms with Gasteiger partial charge in [0.25, 0.3) is 0 Å². The number of nitrogens with one attached hydrogen (secondary N) is 1. The molecule has 1 heterocycles. The highest BCUT2D eigenvalue weighted by Gasteiger charge is 2.29. The van der Waals surface area contributed by atoms with Crippen LogP contribution in [-0.2, 0) is 0 Å². The van der Waals surface area contributed by atoms with Crippen LogP contribution in [0.4, 0.5) is 9.18 Å². The molecule has 0 bridgehead atoms. The van der Waals surface area contributed by atoms with Crippen LogP contribution in [0.1, 0.15) is 18.5 Å². The maximum absolute atomic E-state index is 12.8. The molecule has 0 aromatic heterocycles. The number of nitrogens with two attached hydrogens (primary N) is 1. The first-order valence-electron chi connectivity index (χ1n) is 5.63. The lowest BCUT2D eigenvalue weighted by molar-refractivity contribution is 0.215. The summed E-state index contributed by atoms with van der Waals surface area (Å²) in [7, 11) is 0. The maximum Gasteiger partial charge on any atom is 0.318 e. The van der Waals surface area contributed by atoms with Crippen LogP contribution in [-0.4, -0.2) is 30.1 Å². The minimum Gasteiger partial charge on any atom is -0.329 e. The highest BCUT2D eigenvalue weighted by Crippen LogP contribution is 2.20. The first-order valence-corrected chi connectivity index (χ1v) is 5.63. The summed E-state index contributed by atoms with van der Waals surface area (Å²) >= 11 is 0. The van der Waals surface area contributed by atoms with Crippen LogP contribution >= 0.6 is 0 Å². The third kappa shape index (κ3) is 2.74. The second-order valence-corrected chi connectivity index (χ2v) is 4.44. The van der Waals surface area contributed by atoms with E-state index in [9.17, 15) is 9.18 Å². The number of urea groups is 1. The van der Waals surface area contributed by atoms with Gasteiger partial charge in [-0.1, -0.05) is 12.1 Å². The standard InChI is InChI=1S/C12H16FN3O/c1-8(14)6-16-7-11(15-12(16)17)9-2-4-10(13)5-3-9/h2-5,8,11H,6-7,14H2,1H3,(H,15,17). The summed E-state index contributed by atoms with van der Waals surface area (Å²) in [6.45, 7) is 2.97. The minimum atomic E-state index is -0.273. The van der Waals surface area contributed by atoms with Gasteiger partial charge in [-0.05, 0) is 24.6 Å². The molecule has 2 amide bonds. The highest BCUT2D eigenvalue weighted by atomic mass is 19.1. The Morgan fingerprint density at radius 1 is 1.53 bits per heavy atom. The summed E-state index contributed by atoms with van der Waals surface area (Å²) in [5, 5.41) is 2.85. The number of amides is 2. The average molecular weight is 237 g/mol. The van der Waals surface area contributed by atoms with Gasteiger partial charge in [-0.2, -0.15) is 0 Å². The zero-order chi connectivity index (χ0) is 12.4. The zero-order valence-corrected chi connectivity index (χ0v) is 9.69. The summed E-state index contributed by atoms with van der Waals surface area (Å²) in [5.74, 6) is -0.273. The van der Waals surface area contributed by atoms with E-state index in [1.807, 2.05) is 6.92 Å². The Labute approximate surface area is 99.6 Å². The van der Waals surface area contributed by atoms with Gasteiger partial charge in [0.2, 0.25) is 0 Å². The molecule has 0 aliphatic carbocycles. The number of halogens is 1. The van der Waals surface area contributed by atoms with Crippen molar-refractivity contribution in [2.24, 2.45) is 5.73 Å². The van der Waals surface area contributed by atoms with E-state index in [1.54, 1.807) is 17.0 Å². The molecule has 1 aromatic rings. The fraction of sp³-hybridized carbons (Fsp3) is 0.417. The van der Waals surface area contributed by atoms with Gasteiger partial charge in [-0.25, -0.2) is 9.18 Å². The molecule has 2 rings (SSSR count). The van der Waals surface area contributed by atoms with Gasteiger partial charge in [0.15, 0.2) is 0 Å². The Morgan fingerprint density at radius 2 is 2.18 bits per heavy atom. The summed E-state index contributed by atoms with van der Waals surface area (Å²) in [6, 6.07) is 5.93. The molecule has 0 saturated carbocycles. The van der Waals surface area contributed by atoms with Crippen molar-refractivity contribution < 1.29 is 9.18 Å². The number of nitrogens with zero attached hydrogens (tertiary/aromatic N) is 1. The second-order valence-electron chi connectivity index (χ2n) is 4.44. The third-order valence-corrected chi connectivity index (χ3v) is 2.77. The van der Waals surface area contributed by atoms with Crippen molar-refractivity contribution in [2.45, 2.75) is 19.0 Å². The van der Waals surface area contributed by atoms with Crippen molar-refractivity contribution in [1.29, 1.82) is 0 Å². The van der Waals surface area contributed by atoms with Crippen molar-refractivity contribution in [3.63, 3.8) is 0 Å². The molecular formula is C12H16FN3O. The lowest BCUT2D eigenvalue weighted by Gasteiger charge is -2.16. The van der Waals surface area contributed by atoms with Crippen LogP contribution in [0.2, 0.25) is 0 Å². The van der Waals surface area contributed by atoms with Crippen molar-refractivity contribution in [3.8, 4) is 0 Å². The molecular weight excluding hydrogens is 221 g/mol. The lowest BCUT2D eigenvalue weighted by Crippen LogP contribution is -2.37. The average Bonchev–Trinajstić information content (AvgIpc) is 2.60. The molecule has 1 saturated heterocycles. The minimum absolute atomic E-state index is 0.0484. The van der Waals surface area contributed by atoms with E-state index in [0.717, 1.165) is 5.56 Å². The summed E-state index contributed by atoms with van der Waals surface area (Å²) < 4.78 is 12.8.